The Kier molecular flexibility index (Phi) is 4.30. The molecular weight excluding hydrogens is 324 g/mol. The summed E-state index contributed by atoms with van der Waals surface area (Å²) in [6.45, 7) is 7.21. The van der Waals surface area contributed by atoms with E-state index in [0.717, 1.165) is 36.8 Å². The van der Waals surface area contributed by atoms with Crippen LogP contribution in [0.15, 0.2) is 23.1 Å². The normalized spacial score (nSPS) is 17.3. The van der Waals surface area contributed by atoms with Crippen molar-refractivity contribution in [2.75, 3.05) is 13.1 Å². The lowest BCUT2D eigenvalue weighted by Crippen LogP contribution is -2.35. The van der Waals surface area contributed by atoms with Crippen LogP contribution in [0.4, 0.5) is 0 Å². The van der Waals surface area contributed by atoms with Gasteiger partial charge in [-0.15, -0.1) is 0 Å². The number of sulfonamides is 1. The summed E-state index contributed by atoms with van der Waals surface area (Å²) in [5, 5.41) is 0.674. The summed E-state index contributed by atoms with van der Waals surface area (Å²) in [5.74, 6) is 0. The SMILES string of the molecule is CC(C)(C)c1[nH]c2ccc(S(=O)(=O)N3CCCCC3)cc2c1C=O. The van der Waals surface area contributed by atoms with E-state index in [9.17, 15) is 13.2 Å². The number of rotatable bonds is 3. The van der Waals surface area contributed by atoms with E-state index in [4.69, 9.17) is 0 Å². The van der Waals surface area contributed by atoms with Gasteiger partial charge in [-0.2, -0.15) is 4.31 Å². The van der Waals surface area contributed by atoms with Crippen LogP contribution >= 0.6 is 0 Å². The smallest absolute Gasteiger partial charge is 0.243 e. The number of hydrogen-bond acceptors (Lipinski definition) is 3. The van der Waals surface area contributed by atoms with E-state index in [-0.39, 0.29) is 10.3 Å². The first-order valence-electron chi connectivity index (χ1n) is 8.36. The van der Waals surface area contributed by atoms with E-state index in [1.807, 2.05) is 20.8 Å². The lowest BCUT2D eigenvalue weighted by Gasteiger charge is -2.25. The molecule has 1 fully saturated rings. The van der Waals surface area contributed by atoms with Crippen molar-refractivity contribution >= 4 is 27.2 Å². The molecule has 0 atom stereocenters. The van der Waals surface area contributed by atoms with Gasteiger partial charge in [-0.25, -0.2) is 8.42 Å². The van der Waals surface area contributed by atoms with Crippen LogP contribution in [-0.2, 0) is 15.4 Å². The Balaban J connectivity index is 2.13. The molecule has 1 saturated heterocycles. The number of aromatic amines is 1. The first kappa shape index (κ1) is 17.2. The largest absolute Gasteiger partial charge is 0.357 e. The lowest BCUT2D eigenvalue weighted by atomic mass is 9.89. The fourth-order valence-electron chi connectivity index (χ4n) is 3.32. The van der Waals surface area contributed by atoms with Gasteiger partial charge in [0.15, 0.2) is 6.29 Å². The second-order valence-electron chi connectivity index (χ2n) is 7.45. The maximum atomic E-state index is 12.9. The van der Waals surface area contributed by atoms with E-state index in [1.54, 1.807) is 22.5 Å². The zero-order valence-corrected chi connectivity index (χ0v) is 15.2. The number of piperidine rings is 1. The van der Waals surface area contributed by atoms with Gasteiger partial charge in [0.2, 0.25) is 10.0 Å². The van der Waals surface area contributed by atoms with Gasteiger partial charge >= 0.3 is 0 Å². The van der Waals surface area contributed by atoms with Gasteiger partial charge in [0, 0.05) is 40.7 Å². The van der Waals surface area contributed by atoms with Gasteiger partial charge in [-0.05, 0) is 31.0 Å². The van der Waals surface area contributed by atoms with Crippen LogP contribution in [0, 0.1) is 0 Å². The highest BCUT2D eigenvalue weighted by molar-refractivity contribution is 7.89. The highest BCUT2D eigenvalue weighted by atomic mass is 32.2. The first-order chi connectivity index (χ1) is 11.2. The fraction of sp³-hybridized carbons (Fsp3) is 0.500. The van der Waals surface area contributed by atoms with Crippen LogP contribution in [0.3, 0.4) is 0 Å². The van der Waals surface area contributed by atoms with E-state index in [2.05, 4.69) is 4.98 Å². The monoisotopic (exact) mass is 348 g/mol. The Morgan fingerprint density at radius 2 is 1.79 bits per heavy atom. The number of aldehydes is 1. The highest BCUT2D eigenvalue weighted by Gasteiger charge is 2.28. The molecule has 5 nitrogen and oxygen atoms in total. The summed E-state index contributed by atoms with van der Waals surface area (Å²) in [5.41, 5.74) is 1.95. The standard InChI is InChI=1S/C18H24N2O3S/c1-18(2,3)17-15(12-21)14-11-13(7-8-16(14)19-17)24(22,23)20-9-5-4-6-10-20/h7-8,11-12,19H,4-6,9-10H2,1-3H3. The summed E-state index contributed by atoms with van der Waals surface area (Å²) in [6, 6.07) is 5.02. The molecule has 1 aliphatic rings. The number of benzene rings is 1. The molecule has 0 saturated carbocycles. The Labute approximate surface area is 143 Å². The van der Waals surface area contributed by atoms with Crippen molar-refractivity contribution in [1.29, 1.82) is 0 Å². The molecule has 1 aromatic heterocycles. The molecule has 130 valence electrons. The van der Waals surface area contributed by atoms with Crippen molar-refractivity contribution in [2.45, 2.75) is 50.3 Å². The molecule has 1 aliphatic heterocycles. The van der Waals surface area contributed by atoms with E-state index < -0.39 is 10.0 Å². The minimum atomic E-state index is -3.50. The zero-order valence-electron chi connectivity index (χ0n) is 14.4. The first-order valence-corrected chi connectivity index (χ1v) is 9.80. The molecule has 0 spiro atoms. The summed E-state index contributed by atoms with van der Waals surface area (Å²) < 4.78 is 27.3. The predicted octanol–water partition coefficient (Wildman–Crippen LogP) is 3.45. The summed E-state index contributed by atoms with van der Waals surface area (Å²) in [7, 11) is -3.50. The maximum Gasteiger partial charge on any atom is 0.243 e. The second kappa shape index (κ2) is 6.01. The molecule has 24 heavy (non-hydrogen) atoms. The van der Waals surface area contributed by atoms with Gasteiger partial charge in [-0.1, -0.05) is 27.2 Å². The van der Waals surface area contributed by atoms with Gasteiger partial charge in [0.25, 0.3) is 0 Å². The third-order valence-electron chi connectivity index (χ3n) is 4.63. The predicted molar refractivity (Wildman–Crippen MR) is 95.0 cm³/mol. The van der Waals surface area contributed by atoms with Gasteiger partial charge < -0.3 is 4.98 Å². The minimum absolute atomic E-state index is 0.221. The topological polar surface area (TPSA) is 70.2 Å². The number of carbonyl (C=O) groups is 1. The van der Waals surface area contributed by atoms with E-state index in [0.29, 0.717) is 24.0 Å². The number of carbonyl (C=O) groups excluding carboxylic acids is 1. The third-order valence-corrected chi connectivity index (χ3v) is 6.53. The fourth-order valence-corrected chi connectivity index (χ4v) is 4.86. The van der Waals surface area contributed by atoms with Crippen molar-refractivity contribution in [1.82, 2.24) is 9.29 Å². The quantitative estimate of drug-likeness (QED) is 0.864. The highest BCUT2D eigenvalue weighted by Crippen LogP contribution is 2.32. The number of fused-ring (bicyclic) bond motifs is 1. The number of aromatic nitrogens is 1. The summed E-state index contributed by atoms with van der Waals surface area (Å²) in [4.78, 5) is 15.2. The molecule has 0 unspecified atom stereocenters. The van der Waals surface area contributed by atoms with Gasteiger partial charge in [0.1, 0.15) is 0 Å². The lowest BCUT2D eigenvalue weighted by molar-refractivity contribution is 0.112. The molecule has 0 aliphatic carbocycles. The van der Waals surface area contributed by atoms with Crippen LogP contribution < -0.4 is 0 Å². The average Bonchev–Trinajstić information content (AvgIpc) is 2.93. The molecule has 0 amide bonds. The Hall–Kier alpha value is -1.66. The summed E-state index contributed by atoms with van der Waals surface area (Å²) in [6.07, 6.45) is 3.70. The number of nitrogens with one attached hydrogen (secondary N) is 1. The molecule has 3 rings (SSSR count). The Morgan fingerprint density at radius 1 is 1.12 bits per heavy atom. The van der Waals surface area contributed by atoms with Crippen molar-refractivity contribution in [3.8, 4) is 0 Å². The molecule has 1 N–H and O–H groups in total. The molecular formula is C18H24N2O3S. The van der Waals surface area contributed by atoms with Gasteiger partial charge in [0.05, 0.1) is 4.90 Å². The number of nitrogens with zero attached hydrogens (tertiary/aromatic N) is 1. The zero-order chi connectivity index (χ0) is 17.5. The second-order valence-corrected chi connectivity index (χ2v) is 9.39. The molecule has 1 aromatic carbocycles. The van der Waals surface area contributed by atoms with Crippen molar-refractivity contribution in [2.24, 2.45) is 0 Å². The average molecular weight is 348 g/mol. The third kappa shape index (κ3) is 2.89. The van der Waals surface area contributed by atoms with Crippen LogP contribution in [0.2, 0.25) is 0 Å². The maximum absolute atomic E-state index is 12.9. The minimum Gasteiger partial charge on any atom is -0.357 e. The van der Waals surface area contributed by atoms with Gasteiger partial charge in [-0.3, -0.25) is 4.79 Å². The number of H-pyrrole nitrogens is 1. The van der Waals surface area contributed by atoms with Crippen molar-refractivity contribution in [3.63, 3.8) is 0 Å². The van der Waals surface area contributed by atoms with Crippen LogP contribution in [0.1, 0.15) is 56.1 Å². The Morgan fingerprint density at radius 3 is 2.38 bits per heavy atom. The van der Waals surface area contributed by atoms with Crippen LogP contribution in [-0.4, -0.2) is 37.1 Å². The molecule has 2 heterocycles. The van der Waals surface area contributed by atoms with E-state index in [1.165, 1.54) is 0 Å². The Bertz CT molecular complexity index is 870. The summed E-state index contributed by atoms with van der Waals surface area (Å²) >= 11 is 0. The molecule has 0 radical (unpaired) electrons. The van der Waals surface area contributed by atoms with E-state index >= 15 is 0 Å². The van der Waals surface area contributed by atoms with Crippen molar-refractivity contribution < 1.29 is 13.2 Å². The van der Waals surface area contributed by atoms with Crippen LogP contribution in [0.5, 0.6) is 0 Å². The van der Waals surface area contributed by atoms with Crippen LogP contribution in [0.25, 0.3) is 10.9 Å². The number of hydrogen-bond donors (Lipinski definition) is 1. The molecule has 0 bridgehead atoms. The molecule has 6 heteroatoms. The van der Waals surface area contributed by atoms with Crippen molar-refractivity contribution in [3.05, 3.63) is 29.5 Å². The molecule has 2 aromatic rings.